The fraction of sp³-hybridized carbons (Fsp3) is 0.0526. The van der Waals surface area contributed by atoms with Crippen LogP contribution in [0.4, 0.5) is 5.69 Å². The van der Waals surface area contributed by atoms with Gasteiger partial charge in [0.2, 0.25) is 0 Å². The summed E-state index contributed by atoms with van der Waals surface area (Å²) in [6.45, 7) is 2.02. The number of nitrogens with zero attached hydrogens (tertiary/aromatic N) is 3. The van der Waals surface area contributed by atoms with E-state index >= 15 is 0 Å². The monoisotopic (exact) mass is 379 g/mol. The third kappa shape index (κ3) is 3.32. The molecule has 1 amide bonds. The van der Waals surface area contributed by atoms with E-state index in [-0.39, 0.29) is 5.91 Å². The van der Waals surface area contributed by atoms with Crippen molar-refractivity contribution in [2.24, 2.45) is 0 Å². The van der Waals surface area contributed by atoms with Crippen LogP contribution >= 0.6 is 11.6 Å². The summed E-state index contributed by atoms with van der Waals surface area (Å²) in [4.78, 5) is 24.6. The van der Waals surface area contributed by atoms with E-state index < -0.39 is 5.69 Å². The van der Waals surface area contributed by atoms with Crippen molar-refractivity contribution in [3.8, 4) is 5.69 Å². The van der Waals surface area contributed by atoms with Gasteiger partial charge in [-0.25, -0.2) is 9.89 Å². The molecule has 0 fully saturated rings. The molecule has 0 saturated heterocycles. The standard InChI is InChI=1S/C19H14ClN5O2/c1-11-2-3-13-9-14(5-4-12(13)8-11)18(26)21-16-7-6-15(20)10-17(16)25-19(27)22-23-24-25/h2-10H,1H3,(H,21,26)(H,22,24,27). The summed E-state index contributed by atoms with van der Waals surface area (Å²) in [6.07, 6.45) is 0. The Bertz CT molecular complexity index is 1230. The molecule has 0 aliphatic heterocycles. The number of fused-ring (bicyclic) bond motifs is 1. The third-order valence-electron chi connectivity index (χ3n) is 4.17. The first-order valence-corrected chi connectivity index (χ1v) is 8.51. The Balaban J connectivity index is 1.70. The quantitative estimate of drug-likeness (QED) is 0.571. The smallest absolute Gasteiger partial charge is 0.320 e. The Morgan fingerprint density at radius 3 is 2.63 bits per heavy atom. The lowest BCUT2D eigenvalue weighted by molar-refractivity contribution is 0.102. The topological polar surface area (TPSA) is 92.7 Å². The average molecular weight is 380 g/mol. The number of hydrogen-bond donors (Lipinski definition) is 2. The minimum Gasteiger partial charge on any atom is -0.320 e. The number of anilines is 1. The molecule has 4 aromatic rings. The van der Waals surface area contributed by atoms with Crippen molar-refractivity contribution >= 4 is 34.0 Å². The summed E-state index contributed by atoms with van der Waals surface area (Å²) in [5, 5.41) is 14.6. The van der Waals surface area contributed by atoms with Gasteiger partial charge in [0.05, 0.1) is 11.4 Å². The van der Waals surface area contributed by atoms with Gasteiger partial charge in [-0.3, -0.25) is 4.79 Å². The van der Waals surface area contributed by atoms with E-state index in [0.717, 1.165) is 21.0 Å². The van der Waals surface area contributed by atoms with Crippen LogP contribution in [0.5, 0.6) is 0 Å². The lowest BCUT2D eigenvalue weighted by Gasteiger charge is -2.11. The van der Waals surface area contributed by atoms with Gasteiger partial charge in [-0.1, -0.05) is 41.4 Å². The van der Waals surface area contributed by atoms with E-state index in [9.17, 15) is 9.59 Å². The first-order chi connectivity index (χ1) is 13.0. The minimum atomic E-state index is -0.533. The van der Waals surface area contributed by atoms with Crippen molar-refractivity contribution in [2.75, 3.05) is 5.32 Å². The predicted molar refractivity (Wildman–Crippen MR) is 104 cm³/mol. The van der Waals surface area contributed by atoms with Gasteiger partial charge in [0.15, 0.2) is 0 Å². The van der Waals surface area contributed by atoms with Crippen LogP contribution < -0.4 is 11.0 Å². The second kappa shape index (κ2) is 6.69. The van der Waals surface area contributed by atoms with Crippen molar-refractivity contribution in [1.29, 1.82) is 0 Å². The first kappa shape index (κ1) is 17.0. The zero-order valence-electron chi connectivity index (χ0n) is 14.2. The van der Waals surface area contributed by atoms with Gasteiger partial charge in [-0.05, 0) is 58.5 Å². The van der Waals surface area contributed by atoms with Gasteiger partial charge in [-0.15, -0.1) is 0 Å². The summed E-state index contributed by atoms with van der Waals surface area (Å²) in [7, 11) is 0. The Labute approximate surface area is 158 Å². The lowest BCUT2D eigenvalue weighted by Crippen LogP contribution is -2.19. The zero-order chi connectivity index (χ0) is 19.0. The number of H-pyrrole nitrogens is 1. The number of carbonyl (C=O) groups excluding carboxylic acids is 1. The van der Waals surface area contributed by atoms with Crippen molar-refractivity contribution in [2.45, 2.75) is 6.92 Å². The molecular weight excluding hydrogens is 366 g/mol. The molecule has 7 nitrogen and oxygen atoms in total. The molecule has 0 unspecified atom stereocenters. The number of aromatic nitrogens is 4. The van der Waals surface area contributed by atoms with Crippen LogP contribution in [0.3, 0.4) is 0 Å². The number of aryl methyl sites for hydroxylation is 1. The van der Waals surface area contributed by atoms with Crippen LogP contribution in [-0.2, 0) is 0 Å². The van der Waals surface area contributed by atoms with E-state index in [4.69, 9.17) is 11.6 Å². The van der Waals surface area contributed by atoms with E-state index in [2.05, 4.69) is 26.9 Å². The van der Waals surface area contributed by atoms with Crippen LogP contribution in [0.25, 0.3) is 16.5 Å². The summed E-state index contributed by atoms with van der Waals surface area (Å²) in [5.74, 6) is -0.308. The highest BCUT2D eigenvalue weighted by Crippen LogP contribution is 2.24. The molecule has 0 atom stereocenters. The number of halogens is 1. The number of carbonyl (C=O) groups is 1. The minimum absolute atomic E-state index is 0.308. The molecule has 1 aromatic heterocycles. The molecule has 134 valence electrons. The molecule has 2 N–H and O–H groups in total. The fourth-order valence-electron chi connectivity index (χ4n) is 2.84. The number of benzene rings is 3. The van der Waals surface area contributed by atoms with Crippen LogP contribution in [0, 0.1) is 6.92 Å². The van der Waals surface area contributed by atoms with Crippen LogP contribution in [0.2, 0.25) is 5.02 Å². The molecule has 27 heavy (non-hydrogen) atoms. The van der Waals surface area contributed by atoms with Gasteiger partial charge >= 0.3 is 5.69 Å². The maximum Gasteiger partial charge on any atom is 0.365 e. The maximum absolute atomic E-state index is 12.7. The van der Waals surface area contributed by atoms with Gasteiger partial charge in [0.25, 0.3) is 5.91 Å². The van der Waals surface area contributed by atoms with Gasteiger partial charge < -0.3 is 5.32 Å². The molecule has 4 rings (SSSR count). The largest absolute Gasteiger partial charge is 0.365 e. The van der Waals surface area contributed by atoms with Crippen molar-refractivity contribution in [3.63, 3.8) is 0 Å². The lowest BCUT2D eigenvalue weighted by atomic mass is 10.0. The summed E-state index contributed by atoms with van der Waals surface area (Å²) in [5.41, 5.74) is 1.84. The third-order valence-corrected chi connectivity index (χ3v) is 4.40. The summed E-state index contributed by atoms with van der Waals surface area (Å²) >= 11 is 6.03. The number of rotatable bonds is 3. The van der Waals surface area contributed by atoms with Crippen LogP contribution in [0.15, 0.2) is 59.4 Å². The number of amides is 1. The SMILES string of the molecule is Cc1ccc2cc(C(=O)Nc3ccc(Cl)cc3-n3nn[nH]c3=O)ccc2c1. The molecule has 0 aliphatic rings. The van der Waals surface area contributed by atoms with Crippen molar-refractivity contribution < 1.29 is 4.79 Å². The van der Waals surface area contributed by atoms with E-state index in [1.165, 1.54) is 6.07 Å². The number of tetrazole rings is 1. The van der Waals surface area contributed by atoms with Crippen molar-refractivity contribution in [3.05, 3.63) is 81.2 Å². The molecule has 0 spiro atoms. The van der Waals surface area contributed by atoms with E-state index in [0.29, 0.717) is 22.0 Å². The molecule has 0 bridgehead atoms. The normalized spacial score (nSPS) is 10.9. The number of nitrogens with one attached hydrogen (secondary N) is 2. The summed E-state index contributed by atoms with van der Waals surface area (Å²) < 4.78 is 1.03. The predicted octanol–water partition coefficient (Wildman–Crippen LogP) is 3.32. The van der Waals surface area contributed by atoms with E-state index in [1.54, 1.807) is 18.2 Å². The Hall–Kier alpha value is -3.45. The fourth-order valence-corrected chi connectivity index (χ4v) is 3.01. The van der Waals surface area contributed by atoms with Crippen LogP contribution in [0.1, 0.15) is 15.9 Å². The molecule has 0 aliphatic carbocycles. The zero-order valence-corrected chi connectivity index (χ0v) is 15.0. The summed E-state index contributed by atoms with van der Waals surface area (Å²) in [6, 6.07) is 16.3. The van der Waals surface area contributed by atoms with Crippen molar-refractivity contribution in [1.82, 2.24) is 20.2 Å². The van der Waals surface area contributed by atoms with E-state index in [1.807, 2.05) is 31.2 Å². The second-order valence-corrected chi connectivity index (χ2v) is 6.54. The number of aromatic amines is 1. The Morgan fingerprint density at radius 1 is 1.07 bits per heavy atom. The highest BCUT2D eigenvalue weighted by molar-refractivity contribution is 6.31. The highest BCUT2D eigenvalue weighted by atomic mass is 35.5. The molecule has 0 saturated carbocycles. The molecule has 3 aromatic carbocycles. The van der Waals surface area contributed by atoms with Crippen LogP contribution in [-0.4, -0.2) is 26.1 Å². The molecule has 1 heterocycles. The Kier molecular flexibility index (Phi) is 4.21. The second-order valence-electron chi connectivity index (χ2n) is 6.10. The first-order valence-electron chi connectivity index (χ1n) is 8.13. The van der Waals surface area contributed by atoms with Gasteiger partial charge in [-0.2, -0.15) is 4.68 Å². The highest BCUT2D eigenvalue weighted by Gasteiger charge is 2.14. The maximum atomic E-state index is 12.7. The van der Waals surface area contributed by atoms with Gasteiger partial charge in [0, 0.05) is 10.6 Å². The Morgan fingerprint density at radius 2 is 1.85 bits per heavy atom. The molecular formula is C19H14ClN5O2. The molecule has 8 heteroatoms. The number of hydrogen-bond acceptors (Lipinski definition) is 4. The molecule has 0 radical (unpaired) electrons. The average Bonchev–Trinajstić information content (AvgIpc) is 3.08. The van der Waals surface area contributed by atoms with Gasteiger partial charge in [0.1, 0.15) is 0 Å².